The Labute approximate surface area is 203 Å². The minimum atomic E-state index is -1.04. The summed E-state index contributed by atoms with van der Waals surface area (Å²) in [5.74, 6) is 0.0709. The Morgan fingerprint density at radius 1 is 1.21 bits per heavy atom. The second-order valence-corrected chi connectivity index (χ2v) is 8.57. The first kappa shape index (κ1) is 24.0. The number of carbonyl (C=O) groups excluding carboxylic acids is 1. The van der Waals surface area contributed by atoms with Crippen LogP contribution in [0.15, 0.2) is 60.0 Å². The molecule has 0 radical (unpaired) electrons. The summed E-state index contributed by atoms with van der Waals surface area (Å²) in [4.78, 5) is 17.1. The van der Waals surface area contributed by atoms with Gasteiger partial charge in [-0.2, -0.15) is 0 Å². The smallest absolute Gasteiger partial charge is 0.251 e. The molecule has 0 saturated heterocycles. The van der Waals surface area contributed by atoms with E-state index in [1.807, 2.05) is 11.4 Å². The molecule has 34 heavy (non-hydrogen) atoms. The van der Waals surface area contributed by atoms with E-state index in [2.05, 4.69) is 10.3 Å². The van der Waals surface area contributed by atoms with Gasteiger partial charge in [0, 0.05) is 40.5 Å². The van der Waals surface area contributed by atoms with Crippen LogP contribution in [0.1, 0.15) is 22.2 Å². The molecule has 2 heterocycles. The van der Waals surface area contributed by atoms with Crippen molar-refractivity contribution >= 4 is 39.4 Å². The van der Waals surface area contributed by atoms with Gasteiger partial charge in [0.25, 0.3) is 5.91 Å². The van der Waals surface area contributed by atoms with Crippen LogP contribution in [0, 0.1) is 5.82 Å². The minimum Gasteiger partial charge on any atom is -0.493 e. The van der Waals surface area contributed by atoms with Crippen LogP contribution in [-0.2, 0) is 0 Å². The van der Waals surface area contributed by atoms with Crippen molar-refractivity contribution in [3.8, 4) is 22.8 Å². The highest BCUT2D eigenvalue weighted by Crippen LogP contribution is 2.35. The summed E-state index contributed by atoms with van der Waals surface area (Å²) < 4.78 is 34.0. The fraction of sp³-hybridized carbons (Fsp3) is 0.167. The van der Waals surface area contributed by atoms with Crippen molar-refractivity contribution in [3.63, 3.8) is 0 Å². The number of methoxy groups -OCH3 is 1. The number of pyridine rings is 1. The van der Waals surface area contributed by atoms with Gasteiger partial charge < -0.3 is 24.4 Å². The number of ether oxygens (including phenoxy) is 2. The Hall–Kier alpha value is -3.18. The fourth-order valence-corrected chi connectivity index (χ4v) is 4.57. The average molecular weight is 501 g/mol. The second kappa shape index (κ2) is 10.8. The average Bonchev–Trinajstić information content (AvgIpc) is 3.31. The number of thiophene rings is 1. The maximum Gasteiger partial charge on any atom is 0.251 e. The van der Waals surface area contributed by atoms with Crippen LogP contribution >= 0.6 is 23.4 Å². The lowest BCUT2D eigenvalue weighted by Gasteiger charge is -2.14. The van der Waals surface area contributed by atoms with Gasteiger partial charge in [-0.15, -0.1) is 11.3 Å². The van der Waals surface area contributed by atoms with E-state index in [4.69, 9.17) is 14.0 Å². The molecule has 10 heteroatoms. The van der Waals surface area contributed by atoms with Crippen molar-refractivity contribution in [1.82, 2.24) is 10.3 Å². The number of aliphatic hydroxyl groups excluding tert-OH is 1. The summed E-state index contributed by atoms with van der Waals surface area (Å²) >= 11 is 1.83. The Balaban J connectivity index is 1.46. The maximum absolute atomic E-state index is 14.0. The van der Waals surface area contributed by atoms with Crippen molar-refractivity contribution in [2.75, 3.05) is 19.6 Å². The summed E-state index contributed by atoms with van der Waals surface area (Å²) in [5.41, 5.74) is 2.10. The Morgan fingerprint density at radius 3 is 2.82 bits per heavy atom. The van der Waals surface area contributed by atoms with Crippen molar-refractivity contribution < 1.29 is 28.3 Å². The van der Waals surface area contributed by atoms with E-state index in [1.54, 1.807) is 36.4 Å². The molecule has 1 unspecified atom stereocenters. The second-order valence-electron chi connectivity index (χ2n) is 7.20. The monoisotopic (exact) mass is 500 g/mol. The van der Waals surface area contributed by atoms with Gasteiger partial charge in [0.05, 0.1) is 23.2 Å². The van der Waals surface area contributed by atoms with Crippen molar-refractivity contribution in [3.05, 3.63) is 77.1 Å². The molecule has 4 aromatic rings. The number of aromatic nitrogens is 1. The number of carbonyl (C=O) groups is 1. The first-order chi connectivity index (χ1) is 16.5. The zero-order valence-electron chi connectivity index (χ0n) is 18.0. The SMILES string of the molecule is COc1cc(C(=O)NCC(O)c2cccc(-c3csc4c(F)cccc34)n2)ccc1OCSO. The highest BCUT2D eigenvalue weighted by Gasteiger charge is 2.16. The normalized spacial score (nSPS) is 11.9. The number of rotatable bonds is 9. The van der Waals surface area contributed by atoms with E-state index < -0.39 is 12.0 Å². The first-order valence-electron chi connectivity index (χ1n) is 10.2. The Bertz CT molecular complexity index is 1310. The van der Waals surface area contributed by atoms with Gasteiger partial charge >= 0.3 is 0 Å². The highest BCUT2D eigenvalue weighted by atomic mass is 32.2. The number of fused-ring (bicyclic) bond motifs is 1. The van der Waals surface area contributed by atoms with Gasteiger partial charge in [0.15, 0.2) is 17.4 Å². The van der Waals surface area contributed by atoms with Gasteiger partial charge in [-0.1, -0.05) is 18.2 Å². The molecule has 0 spiro atoms. The van der Waals surface area contributed by atoms with Crippen molar-refractivity contribution in [2.24, 2.45) is 0 Å². The number of benzene rings is 2. The van der Waals surface area contributed by atoms with E-state index in [0.29, 0.717) is 45.2 Å². The summed E-state index contributed by atoms with van der Waals surface area (Å²) in [6.45, 7) is -0.0595. The van der Waals surface area contributed by atoms with Crippen LogP contribution in [0.25, 0.3) is 21.3 Å². The molecule has 3 N–H and O–H groups in total. The van der Waals surface area contributed by atoms with Gasteiger partial charge in [-0.3, -0.25) is 4.79 Å². The Morgan fingerprint density at radius 2 is 2.03 bits per heavy atom. The topological polar surface area (TPSA) is 101 Å². The maximum atomic E-state index is 14.0. The minimum absolute atomic E-state index is 0.0241. The molecule has 0 saturated carbocycles. The third-order valence-corrected chi connectivity index (χ3v) is 6.32. The summed E-state index contributed by atoms with van der Waals surface area (Å²) in [6.07, 6.45) is -1.04. The molecule has 1 atom stereocenters. The molecule has 0 fully saturated rings. The molecule has 2 aromatic carbocycles. The van der Waals surface area contributed by atoms with E-state index in [1.165, 1.54) is 30.6 Å². The summed E-state index contributed by atoms with van der Waals surface area (Å²) in [5, 5.41) is 15.9. The summed E-state index contributed by atoms with van der Waals surface area (Å²) in [6, 6.07) is 14.8. The quantitative estimate of drug-likeness (QED) is 0.217. The molecular weight excluding hydrogens is 479 g/mol. The molecule has 2 aromatic heterocycles. The van der Waals surface area contributed by atoms with E-state index in [0.717, 1.165) is 10.9 Å². The van der Waals surface area contributed by atoms with Crippen LogP contribution in [0.3, 0.4) is 0 Å². The van der Waals surface area contributed by atoms with Gasteiger partial charge in [0.1, 0.15) is 11.9 Å². The standard InChI is InChI=1S/C24H21FN2O5S2/c1-31-22-10-14(8-9-21(22)32-13-34-30)24(29)26-11-20(28)19-7-3-6-18(27-19)16-12-33-23-15(16)4-2-5-17(23)25/h2-10,12,20,28,30H,11,13H2,1H3,(H,26,29). The van der Waals surface area contributed by atoms with Gasteiger partial charge in [0.2, 0.25) is 0 Å². The molecule has 176 valence electrons. The lowest BCUT2D eigenvalue weighted by Crippen LogP contribution is -2.28. The zero-order chi connectivity index (χ0) is 24.1. The number of aliphatic hydroxyl groups is 1. The number of hydrogen-bond acceptors (Lipinski definition) is 8. The van der Waals surface area contributed by atoms with E-state index in [-0.39, 0.29) is 18.3 Å². The third-order valence-electron chi connectivity index (χ3n) is 5.09. The number of hydrogen-bond donors (Lipinski definition) is 3. The highest BCUT2D eigenvalue weighted by molar-refractivity contribution is 7.93. The van der Waals surface area contributed by atoms with Gasteiger partial charge in [-0.25, -0.2) is 9.37 Å². The van der Waals surface area contributed by atoms with Crippen LogP contribution < -0.4 is 14.8 Å². The van der Waals surface area contributed by atoms with Crippen LogP contribution in [0.5, 0.6) is 11.5 Å². The lowest BCUT2D eigenvalue weighted by atomic mass is 10.1. The molecule has 0 aliphatic heterocycles. The largest absolute Gasteiger partial charge is 0.493 e. The first-order valence-corrected chi connectivity index (χ1v) is 12.0. The molecular formula is C24H21FN2O5S2. The van der Waals surface area contributed by atoms with Crippen LogP contribution in [0.4, 0.5) is 4.39 Å². The van der Waals surface area contributed by atoms with E-state index in [9.17, 15) is 14.3 Å². The predicted octanol–water partition coefficient (Wildman–Crippen LogP) is 5.12. The summed E-state index contributed by atoms with van der Waals surface area (Å²) in [7, 11) is 1.45. The van der Waals surface area contributed by atoms with Gasteiger partial charge in [-0.05, 0) is 36.4 Å². The molecule has 0 aliphatic rings. The predicted molar refractivity (Wildman–Crippen MR) is 131 cm³/mol. The number of nitrogens with zero attached hydrogens (tertiary/aromatic N) is 1. The molecule has 0 aliphatic carbocycles. The third kappa shape index (κ3) is 5.15. The number of nitrogens with one attached hydrogen (secondary N) is 1. The zero-order valence-corrected chi connectivity index (χ0v) is 19.7. The van der Waals surface area contributed by atoms with Crippen LogP contribution in [-0.4, -0.2) is 40.1 Å². The Kier molecular flexibility index (Phi) is 7.63. The molecule has 4 rings (SSSR count). The molecule has 7 nitrogen and oxygen atoms in total. The van der Waals surface area contributed by atoms with E-state index >= 15 is 0 Å². The van der Waals surface area contributed by atoms with Crippen LogP contribution in [0.2, 0.25) is 0 Å². The van der Waals surface area contributed by atoms with Crippen molar-refractivity contribution in [2.45, 2.75) is 6.10 Å². The lowest BCUT2D eigenvalue weighted by molar-refractivity contribution is 0.0913. The molecule has 1 amide bonds. The fourth-order valence-electron chi connectivity index (χ4n) is 3.42. The number of halogens is 1. The number of amides is 1. The van der Waals surface area contributed by atoms with Crippen molar-refractivity contribution in [1.29, 1.82) is 0 Å². The molecule has 0 bridgehead atoms.